The van der Waals surface area contributed by atoms with Crippen LogP contribution in [0.15, 0.2) is 41.3 Å². The standard InChI is InChI=1S/C29H32F7NO8S2/c1-26(2,3)46(40,41)16-18(38)7-8-19-15-37(47(42,43)20-9-10-22(30)21(14-20)28(31,32)33)23-12-17(6-11-24(23)44-19)13-25(39)45-27(4,5)29(34,35)36/h6,9-12,14,19H,7-8,13,15-16H2,1-5H3/t19-/m0/s1. The van der Waals surface area contributed by atoms with Gasteiger partial charge in [0.15, 0.2) is 9.84 Å². The SMILES string of the molecule is CC(C)(OC(=O)Cc1ccc2c(c1)N(S(=O)(=O)c1ccc(F)c(C(F)(F)F)c1)C[C@H](CCC(=O)CS(=O)(=O)C(C)(C)C)O2)C(F)(F)F. The molecule has 2 aromatic rings. The van der Waals surface area contributed by atoms with Crippen molar-refractivity contribution in [3.8, 4) is 5.75 Å². The fraction of sp³-hybridized carbons (Fsp3) is 0.517. The van der Waals surface area contributed by atoms with Crippen molar-refractivity contribution in [1.29, 1.82) is 0 Å². The van der Waals surface area contributed by atoms with Gasteiger partial charge < -0.3 is 9.47 Å². The van der Waals surface area contributed by atoms with Gasteiger partial charge in [0, 0.05) is 6.42 Å². The van der Waals surface area contributed by atoms with Crippen molar-refractivity contribution in [2.24, 2.45) is 0 Å². The Bertz CT molecular complexity index is 1750. The topological polar surface area (TPSA) is 124 Å². The zero-order valence-electron chi connectivity index (χ0n) is 25.8. The Morgan fingerprint density at radius 3 is 2.11 bits per heavy atom. The van der Waals surface area contributed by atoms with Gasteiger partial charge in [-0.2, -0.15) is 26.3 Å². The molecule has 262 valence electrons. The second kappa shape index (κ2) is 12.9. The van der Waals surface area contributed by atoms with E-state index in [1.165, 1.54) is 32.9 Å². The smallest absolute Gasteiger partial charge is 0.427 e. The van der Waals surface area contributed by atoms with Gasteiger partial charge in [-0.15, -0.1) is 0 Å². The van der Waals surface area contributed by atoms with Crippen LogP contribution in [0.4, 0.5) is 36.4 Å². The lowest BCUT2D eigenvalue weighted by atomic mass is 10.1. The number of halogens is 7. The summed E-state index contributed by atoms with van der Waals surface area (Å²) in [6.07, 6.45) is -12.7. The molecule has 1 aliphatic rings. The number of hydrogen-bond donors (Lipinski definition) is 0. The van der Waals surface area contributed by atoms with E-state index in [4.69, 9.17) is 4.74 Å². The average molecular weight is 720 g/mol. The maximum atomic E-state index is 14.0. The van der Waals surface area contributed by atoms with Crippen LogP contribution in [0, 0.1) is 5.82 Å². The van der Waals surface area contributed by atoms with Crippen molar-refractivity contribution in [2.45, 2.75) is 87.6 Å². The van der Waals surface area contributed by atoms with Crippen LogP contribution in [-0.4, -0.2) is 63.5 Å². The Morgan fingerprint density at radius 1 is 0.936 bits per heavy atom. The van der Waals surface area contributed by atoms with Gasteiger partial charge in [0.1, 0.15) is 29.2 Å². The van der Waals surface area contributed by atoms with Gasteiger partial charge in [0.2, 0.25) is 5.60 Å². The summed E-state index contributed by atoms with van der Waals surface area (Å²) in [4.78, 5) is 23.9. The molecule has 1 heterocycles. The lowest BCUT2D eigenvalue weighted by Crippen LogP contribution is -2.44. The maximum Gasteiger partial charge on any atom is 0.427 e. The molecule has 2 aromatic carbocycles. The number of benzene rings is 2. The highest BCUT2D eigenvalue weighted by Gasteiger charge is 2.51. The molecule has 18 heteroatoms. The number of sulfonamides is 1. The average Bonchev–Trinajstić information content (AvgIpc) is 2.89. The van der Waals surface area contributed by atoms with E-state index in [-0.39, 0.29) is 35.9 Å². The van der Waals surface area contributed by atoms with Crippen molar-refractivity contribution in [3.63, 3.8) is 0 Å². The number of carbonyl (C=O) groups excluding carboxylic acids is 2. The first-order chi connectivity index (χ1) is 21.2. The van der Waals surface area contributed by atoms with Gasteiger partial charge in [-0.1, -0.05) is 6.07 Å². The zero-order valence-corrected chi connectivity index (χ0v) is 27.4. The van der Waals surface area contributed by atoms with Crippen LogP contribution in [0.2, 0.25) is 0 Å². The van der Waals surface area contributed by atoms with E-state index in [0.717, 1.165) is 6.07 Å². The highest BCUT2D eigenvalue weighted by molar-refractivity contribution is 7.93. The van der Waals surface area contributed by atoms with Gasteiger partial charge in [0.25, 0.3) is 10.0 Å². The maximum absolute atomic E-state index is 14.0. The number of ether oxygens (including phenoxy) is 2. The summed E-state index contributed by atoms with van der Waals surface area (Å²) >= 11 is 0. The summed E-state index contributed by atoms with van der Waals surface area (Å²) in [5.41, 5.74) is -5.09. The predicted octanol–water partition coefficient (Wildman–Crippen LogP) is 5.79. The first-order valence-electron chi connectivity index (χ1n) is 13.9. The first kappa shape index (κ1) is 38.0. The van der Waals surface area contributed by atoms with Gasteiger partial charge in [-0.3, -0.25) is 13.9 Å². The summed E-state index contributed by atoms with van der Waals surface area (Å²) in [5, 5.41) is 0. The van der Waals surface area contributed by atoms with E-state index in [9.17, 15) is 57.2 Å². The number of hydrogen-bond acceptors (Lipinski definition) is 8. The molecule has 0 aromatic heterocycles. The summed E-state index contributed by atoms with van der Waals surface area (Å²) < 4.78 is 156. The molecule has 0 saturated heterocycles. The highest BCUT2D eigenvalue weighted by atomic mass is 32.2. The number of fused-ring (bicyclic) bond motifs is 1. The van der Waals surface area contributed by atoms with Crippen molar-refractivity contribution in [2.75, 3.05) is 16.6 Å². The molecule has 0 aliphatic carbocycles. The van der Waals surface area contributed by atoms with E-state index in [2.05, 4.69) is 4.74 Å². The van der Waals surface area contributed by atoms with Crippen LogP contribution in [0.5, 0.6) is 5.75 Å². The highest BCUT2D eigenvalue weighted by Crippen LogP contribution is 2.40. The number of ketones is 1. The third-order valence-electron chi connectivity index (χ3n) is 7.22. The summed E-state index contributed by atoms with van der Waals surface area (Å²) in [6, 6.07) is 4.45. The van der Waals surface area contributed by atoms with Gasteiger partial charge in [-0.05, 0) is 76.9 Å². The molecule has 0 N–H and O–H groups in total. The number of nitrogens with zero attached hydrogens (tertiary/aromatic N) is 1. The summed E-state index contributed by atoms with van der Waals surface area (Å²) in [5.74, 6) is -4.75. The Morgan fingerprint density at radius 2 is 1.55 bits per heavy atom. The second-order valence-corrected chi connectivity index (χ2v) is 16.9. The van der Waals surface area contributed by atoms with E-state index >= 15 is 0 Å². The van der Waals surface area contributed by atoms with Crippen LogP contribution in [0.25, 0.3) is 0 Å². The molecule has 1 atom stereocenters. The quantitative estimate of drug-likeness (QED) is 0.223. The number of rotatable bonds is 10. The third kappa shape index (κ3) is 8.74. The predicted molar refractivity (Wildman–Crippen MR) is 155 cm³/mol. The monoisotopic (exact) mass is 719 g/mol. The van der Waals surface area contributed by atoms with Crippen LogP contribution in [0.1, 0.15) is 58.6 Å². The molecule has 0 saturated carbocycles. The Labute approximate surface area is 267 Å². The van der Waals surface area contributed by atoms with Crippen molar-refractivity contribution in [1.82, 2.24) is 0 Å². The van der Waals surface area contributed by atoms with Crippen molar-refractivity contribution >= 4 is 37.3 Å². The minimum atomic E-state index is -5.26. The lowest BCUT2D eigenvalue weighted by molar-refractivity contribution is -0.257. The number of sulfone groups is 1. The van der Waals surface area contributed by atoms with Crippen LogP contribution in [-0.2, 0) is 46.8 Å². The molecule has 0 radical (unpaired) electrons. The van der Waals surface area contributed by atoms with Crippen molar-refractivity contribution < 1.29 is 66.6 Å². The minimum Gasteiger partial charge on any atom is -0.486 e. The van der Waals surface area contributed by atoms with Crippen LogP contribution in [0.3, 0.4) is 0 Å². The van der Waals surface area contributed by atoms with Crippen LogP contribution >= 0.6 is 0 Å². The second-order valence-electron chi connectivity index (χ2n) is 12.3. The van der Waals surface area contributed by atoms with E-state index in [1.807, 2.05) is 0 Å². The van der Waals surface area contributed by atoms with E-state index < -0.39 is 95.4 Å². The normalized spacial score (nSPS) is 16.3. The van der Waals surface area contributed by atoms with Crippen molar-refractivity contribution in [3.05, 3.63) is 53.3 Å². The first-order valence-corrected chi connectivity index (χ1v) is 17.0. The molecule has 3 rings (SSSR count). The number of Topliss-reactive ketones (excluding diaryl/α,β-unsaturated/α-hetero) is 1. The molecular formula is C29H32F7NO8S2. The Balaban J connectivity index is 2.00. The molecule has 9 nitrogen and oxygen atoms in total. The fourth-order valence-electron chi connectivity index (χ4n) is 4.22. The molecule has 0 fully saturated rings. The molecule has 0 spiro atoms. The number of esters is 1. The number of alkyl halides is 6. The minimum absolute atomic E-state index is 0.0494. The van der Waals surface area contributed by atoms with Crippen LogP contribution < -0.4 is 9.04 Å². The van der Waals surface area contributed by atoms with Gasteiger partial charge in [-0.25, -0.2) is 21.2 Å². The van der Waals surface area contributed by atoms with E-state index in [1.54, 1.807) is 0 Å². The summed E-state index contributed by atoms with van der Waals surface area (Å²) in [6.45, 7) is 4.85. The fourth-order valence-corrected chi connectivity index (χ4v) is 6.75. The third-order valence-corrected chi connectivity index (χ3v) is 11.6. The lowest BCUT2D eigenvalue weighted by Gasteiger charge is -2.36. The molecule has 0 bridgehead atoms. The van der Waals surface area contributed by atoms with E-state index in [0.29, 0.717) is 30.3 Å². The number of anilines is 1. The molecule has 1 aliphatic heterocycles. The largest absolute Gasteiger partial charge is 0.486 e. The molecule has 47 heavy (non-hydrogen) atoms. The van der Waals surface area contributed by atoms with Gasteiger partial charge >= 0.3 is 18.3 Å². The molecular weight excluding hydrogens is 687 g/mol. The molecule has 0 unspecified atom stereocenters. The zero-order chi connectivity index (χ0) is 36.0. The Hall–Kier alpha value is -3.41. The Kier molecular flexibility index (Phi) is 10.4. The summed E-state index contributed by atoms with van der Waals surface area (Å²) in [7, 11) is -8.79. The molecule has 0 amide bonds. The number of carbonyl (C=O) groups is 2. The van der Waals surface area contributed by atoms with Gasteiger partial charge in [0.05, 0.1) is 33.9 Å².